The van der Waals surface area contributed by atoms with Crippen LogP contribution in [-0.4, -0.2) is 94.1 Å². The molecule has 0 radical (unpaired) electrons. The zero-order chi connectivity index (χ0) is 40.1. The molecule has 2 aliphatic heterocycles. The van der Waals surface area contributed by atoms with Gasteiger partial charge in [-0.1, -0.05) is 0 Å². The zero-order valence-electron chi connectivity index (χ0n) is 31.9. The zero-order valence-corrected chi connectivity index (χ0v) is 31.9. The van der Waals surface area contributed by atoms with Crippen molar-refractivity contribution in [1.29, 1.82) is 5.26 Å². The van der Waals surface area contributed by atoms with E-state index in [2.05, 4.69) is 25.4 Å². The lowest BCUT2D eigenvalue weighted by Crippen LogP contribution is -2.46. The number of hydrogen-bond donors (Lipinski definition) is 2. The molecule has 2 saturated heterocycles. The Kier molecular flexibility index (Phi) is 15.1. The number of aromatic nitrogens is 1. The van der Waals surface area contributed by atoms with Gasteiger partial charge in [-0.05, 0) is 87.5 Å². The maximum atomic E-state index is 13.5. The molecule has 0 saturated carbocycles. The minimum Gasteiger partial charge on any atom is -0.496 e. The molecule has 56 heavy (non-hydrogen) atoms. The molecule has 1 atom stereocenters. The van der Waals surface area contributed by atoms with E-state index >= 15 is 0 Å². The molecule has 0 spiro atoms. The number of anilines is 2. The topological polar surface area (TPSA) is 140 Å². The van der Waals surface area contributed by atoms with Gasteiger partial charge in [0, 0.05) is 87.3 Å². The van der Waals surface area contributed by atoms with Crippen molar-refractivity contribution < 1.29 is 37.0 Å². The van der Waals surface area contributed by atoms with Crippen LogP contribution in [0.5, 0.6) is 11.5 Å². The fourth-order valence-corrected chi connectivity index (χ4v) is 7.24. The summed E-state index contributed by atoms with van der Waals surface area (Å²) in [5.41, 5.74) is 2.46. The van der Waals surface area contributed by atoms with Crippen molar-refractivity contribution in [2.45, 2.75) is 70.1 Å². The maximum absolute atomic E-state index is 13.5. The predicted octanol–water partition coefficient (Wildman–Crippen LogP) is 5.69. The quantitative estimate of drug-likeness (QED) is 0.122. The normalized spacial score (nSPS) is 15.9. The molecule has 15 heteroatoms. The van der Waals surface area contributed by atoms with Crippen molar-refractivity contribution in [3.05, 3.63) is 76.6 Å². The number of methoxy groups -OCH3 is 1. The number of carbonyl (C=O) groups excluding carboxylic acids is 3. The van der Waals surface area contributed by atoms with E-state index in [0.29, 0.717) is 61.8 Å². The van der Waals surface area contributed by atoms with E-state index in [-0.39, 0.29) is 29.9 Å². The van der Waals surface area contributed by atoms with Gasteiger partial charge in [0.25, 0.3) is 0 Å². The smallest absolute Gasteiger partial charge is 0.417 e. The van der Waals surface area contributed by atoms with Gasteiger partial charge in [-0.15, -0.1) is 0 Å². The molecule has 3 heterocycles. The standard InChI is InChI=1S/C41H50F3N7O5/c1-29(5-10-40(54)48-28-53)46-25-32-21-34(23-39(55-2)36(32)27-52)51-18-16-49(17-19-51)13-3-4-20-56-35-8-9-38(47-26-35)30-11-14-50(15-12-30)33-7-6-31(24-45)37(22-33)41(42,43)44/h6-9,21-23,26-30,46H,3-5,10-20,25H2,1-2H3,(H,48,53,54). The number of hydrogen-bond acceptors (Lipinski definition) is 11. The number of benzene rings is 2. The van der Waals surface area contributed by atoms with Gasteiger partial charge in [0.1, 0.15) is 11.5 Å². The molecule has 2 aliphatic rings. The Bertz CT molecular complexity index is 1820. The first kappa shape index (κ1) is 42.0. The summed E-state index contributed by atoms with van der Waals surface area (Å²) in [6.45, 7) is 8.58. The highest BCUT2D eigenvalue weighted by Crippen LogP contribution is 2.36. The number of halogens is 3. The summed E-state index contributed by atoms with van der Waals surface area (Å²) >= 11 is 0. The van der Waals surface area contributed by atoms with Crippen LogP contribution in [0.3, 0.4) is 0 Å². The monoisotopic (exact) mass is 777 g/mol. The van der Waals surface area contributed by atoms with E-state index in [1.807, 2.05) is 36.1 Å². The van der Waals surface area contributed by atoms with Crippen LogP contribution in [0.15, 0.2) is 48.7 Å². The lowest BCUT2D eigenvalue weighted by atomic mass is 9.92. The van der Waals surface area contributed by atoms with Crippen LogP contribution in [0.4, 0.5) is 24.5 Å². The molecular weight excluding hydrogens is 727 g/mol. The number of aldehydes is 1. The molecule has 1 aromatic heterocycles. The van der Waals surface area contributed by atoms with Crippen molar-refractivity contribution in [1.82, 2.24) is 20.5 Å². The molecule has 300 valence electrons. The third-order valence-corrected chi connectivity index (χ3v) is 10.6. The maximum Gasteiger partial charge on any atom is 0.417 e. The first-order valence-corrected chi connectivity index (χ1v) is 19.1. The number of rotatable bonds is 18. The number of nitriles is 1. The summed E-state index contributed by atoms with van der Waals surface area (Å²) in [6.07, 6.45) is 2.52. The highest BCUT2D eigenvalue weighted by Gasteiger charge is 2.34. The lowest BCUT2D eigenvalue weighted by molar-refractivity contribution is -0.137. The van der Waals surface area contributed by atoms with Crippen LogP contribution in [0.1, 0.15) is 84.1 Å². The Labute approximate surface area is 325 Å². The first-order valence-electron chi connectivity index (χ1n) is 19.1. The number of ether oxygens (including phenoxy) is 2. The Hall–Kier alpha value is -5.20. The number of alkyl halides is 3. The van der Waals surface area contributed by atoms with Crippen LogP contribution < -0.4 is 29.9 Å². The average Bonchev–Trinajstić information content (AvgIpc) is 3.21. The van der Waals surface area contributed by atoms with E-state index in [0.717, 1.165) is 87.7 Å². The number of pyridine rings is 1. The van der Waals surface area contributed by atoms with Crippen molar-refractivity contribution >= 4 is 30.0 Å². The van der Waals surface area contributed by atoms with Crippen LogP contribution in [0, 0.1) is 11.3 Å². The summed E-state index contributed by atoms with van der Waals surface area (Å²) in [5.74, 6) is 1.11. The molecule has 5 rings (SSSR count). The van der Waals surface area contributed by atoms with Gasteiger partial charge in [-0.25, -0.2) is 0 Å². The Morgan fingerprint density at radius 2 is 1.77 bits per heavy atom. The molecule has 0 bridgehead atoms. The van der Waals surface area contributed by atoms with Crippen LogP contribution in [-0.2, 0) is 22.3 Å². The molecule has 12 nitrogen and oxygen atoms in total. The number of nitrogens with zero attached hydrogens (tertiary/aromatic N) is 5. The molecule has 2 amide bonds. The number of piperidine rings is 1. The van der Waals surface area contributed by atoms with Crippen molar-refractivity contribution in [3.8, 4) is 17.6 Å². The van der Waals surface area contributed by atoms with Gasteiger partial charge in [0.15, 0.2) is 6.29 Å². The van der Waals surface area contributed by atoms with Gasteiger partial charge in [0.2, 0.25) is 12.3 Å². The van der Waals surface area contributed by atoms with Crippen molar-refractivity contribution in [3.63, 3.8) is 0 Å². The van der Waals surface area contributed by atoms with Crippen molar-refractivity contribution in [2.24, 2.45) is 0 Å². The minimum atomic E-state index is -4.58. The van der Waals surface area contributed by atoms with E-state index < -0.39 is 11.7 Å². The minimum absolute atomic E-state index is 0.0112. The SMILES string of the molecule is COc1cc(N2CCN(CCCCOc3ccc(C4CCN(c5ccc(C#N)c(C(F)(F)F)c5)CC4)nc3)CC2)cc(CNC(C)CCC(=O)NC=O)c1C=O. The summed E-state index contributed by atoms with van der Waals surface area (Å²) in [7, 11) is 1.56. The van der Waals surface area contributed by atoms with Gasteiger partial charge in [0.05, 0.1) is 42.7 Å². The Morgan fingerprint density at radius 3 is 2.41 bits per heavy atom. The second-order valence-electron chi connectivity index (χ2n) is 14.2. The van der Waals surface area contributed by atoms with Gasteiger partial charge < -0.3 is 24.6 Å². The number of nitrogens with one attached hydrogen (secondary N) is 2. The summed E-state index contributed by atoms with van der Waals surface area (Å²) in [6, 6.07) is 13.4. The molecule has 2 N–H and O–H groups in total. The lowest BCUT2D eigenvalue weighted by Gasteiger charge is -2.36. The van der Waals surface area contributed by atoms with E-state index in [9.17, 15) is 27.6 Å². The number of unbranched alkanes of at least 4 members (excludes halogenated alkanes) is 1. The molecular formula is C41H50F3N7O5. The number of piperazine rings is 1. The predicted molar refractivity (Wildman–Crippen MR) is 206 cm³/mol. The third kappa shape index (κ3) is 11.4. The highest BCUT2D eigenvalue weighted by molar-refractivity contribution is 5.85. The summed E-state index contributed by atoms with van der Waals surface area (Å²) < 4.78 is 51.9. The summed E-state index contributed by atoms with van der Waals surface area (Å²) in [5, 5.41) is 14.6. The number of imide groups is 1. The van der Waals surface area contributed by atoms with Gasteiger partial charge in [-0.2, -0.15) is 18.4 Å². The van der Waals surface area contributed by atoms with Gasteiger partial charge in [-0.3, -0.25) is 29.6 Å². The molecule has 0 aliphatic carbocycles. The van der Waals surface area contributed by atoms with E-state index in [4.69, 9.17) is 14.7 Å². The highest BCUT2D eigenvalue weighted by atomic mass is 19.4. The fraction of sp³-hybridized carbons (Fsp3) is 0.488. The van der Waals surface area contributed by atoms with Crippen LogP contribution >= 0.6 is 0 Å². The van der Waals surface area contributed by atoms with Gasteiger partial charge >= 0.3 is 6.18 Å². The van der Waals surface area contributed by atoms with E-state index in [1.165, 1.54) is 6.07 Å². The van der Waals surface area contributed by atoms with Crippen LogP contribution in [0.25, 0.3) is 0 Å². The molecule has 1 unspecified atom stereocenters. The van der Waals surface area contributed by atoms with Crippen molar-refractivity contribution in [2.75, 3.05) is 69.3 Å². The molecule has 2 aromatic carbocycles. The summed E-state index contributed by atoms with van der Waals surface area (Å²) in [4.78, 5) is 45.4. The molecule has 2 fully saturated rings. The largest absolute Gasteiger partial charge is 0.496 e. The molecule has 3 aromatic rings. The Balaban J connectivity index is 1.01. The van der Waals surface area contributed by atoms with Crippen LogP contribution in [0.2, 0.25) is 0 Å². The second kappa shape index (κ2) is 20.1. The number of carbonyl (C=O) groups is 3. The first-order chi connectivity index (χ1) is 27.0. The average molecular weight is 778 g/mol. The van der Waals surface area contributed by atoms with E-state index in [1.54, 1.807) is 25.4 Å². The third-order valence-electron chi connectivity index (χ3n) is 10.6. The Morgan fingerprint density at radius 1 is 1.02 bits per heavy atom. The second-order valence-corrected chi connectivity index (χ2v) is 14.2. The number of amides is 2. The fourth-order valence-electron chi connectivity index (χ4n) is 7.24.